The molecule has 4 rings (SSSR count). The first kappa shape index (κ1) is 19.2. The Kier molecular flexibility index (Phi) is 5.27. The van der Waals surface area contributed by atoms with E-state index in [4.69, 9.17) is 18.9 Å². The lowest BCUT2D eigenvalue weighted by atomic mass is 9.46. The average Bonchev–Trinajstić information content (AvgIpc) is 3.10. The van der Waals surface area contributed by atoms with Crippen molar-refractivity contribution in [2.75, 3.05) is 35.0 Å². The third-order valence-electron chi connectivity index (χ3n) is 6.74. The molecular weight excluding hydrogens is 358 g/mol. The van der Waals surface area contributed by atoms with E-state index in [9.17, 15) is 0 Å². The third kappa shape index (κ3) is 2.96. The van der Waals surface area contributed by atoms with E-state index in [1.54, 1.807) is 21.3 Å². The van der Waals surface area contributed by atoms with Crippen LogP contribution in [0.4, 0.5) is 0 Å². The van der Waals surface area contributed by atoms with Gasteiger partial charge in [-0.15, -0.1) is 0 Å². The van der Waals surface area contributed by atoms with E-state index >= 15 is 0 Å². The van der Waals surface area contributed by atoms with Crippen LogP contribution in [0.15, 0.2) is 17.1 Å². The van der Waals surface area contributed by atoms with Gasteiger partial charge in [0.05, 0.1) is 27.4 Å². The van der Waals surface area contributed by atoms with E-state index in [1.807, 2.05) is 19.2 Å². The van der Waals surface area contributed by atoms with Crippen molar-refractivity contribution in [3.63, 3.8) is 0 Å². The van der Waals surface area contributed by atoms with Crippen LogP contribution in [0.3, 0.4) is 0 Å². The summed E-state index contributed by atoms with van der Waals surface area (Å²) in [4.78, 5) is 4.45. The number of benzene rings is 1. The van der Waals surface area contributed by atoms with Gasteiger partial charge in [0.1, 0.15) is 0 Å². The number of guanidine groups is 1. The van der Waals surface area contributed by atoms with Gasteiger partial charge in [0, 0.05) is 37.6 Å². The first-order valence-corrected chi connectivity index (χ1v) is 10.0. The van der Waals surface area contributed by atoms with Crippen molar-refractivity contribution >= 4 is 5.96 Å². The van der Waals surface area contributed by atoms with Crippen LogP contribution >= 0.6 is 0 Å². The van der Waals surface area contributed by atoms with Crippen LogP contribution in [-0.4, -0.2) is 53.1 Å². The highest BCUT2D eigenvalue weighted by molar-refractivity contribution is 5.80. The quantitative estimate of drug-likeness (QED) is 0.575. The second kappa shape index (κ2) is 7.70. The minimum Gasteiger partial charge on any atom is -0.493 e. The van der Waals surface area contributed by atoms with Crippen LogP contribution in [0.2, 0.25) is 0 Å². The van der Waals surface area contributed by atoms with E-state index in [1.165, 1.54) is 19.3 Å². The second-order valence-corrected chi connectivity index (χ2v) is 7.91. The van der Waals surface area contributed by atoms with Crippen molar-refractivity contribution in [3.05, 3.63) is 17.7 Å². The van der Waals surface area contributed by atoms with Crippen LogP contribution in [0.5, 0.6) is 17.2 Å². The molecule has 1 aromatic rings. The topological polar surface area (TPSA) is 73.3 Å². The van der Waals surface area contributed by atoms with E-state index < -0.39 is 0 Å². The summed E-state index contributed by atoms with van der Waals surface area (Å²) in [6.07, 6.45) is 5.42. The summed E-state index contributed by atoms with van der Waals surface area (Å²) in [5, 5.41) is 7.13. The fourth-order valence-corrected chi connectivity index (χ4v) is 5.22. The average molecular weight is 389 g/mol. The maximum atomic E-state index is 6.02. The lowest BCUT2D eigenvalue weighted by molar-refractivity contribution is -0.171. The predicted octanol–water partition coefficient (Wildman–Crippen LogP) is 2.33. The Morgan fingerprint density at radius 2 is 1.89 bits per heavy atom. The number of ether oxygens (including phenoxy) is 4. The number of hydrogen-bond acceptors (Lipinski definition) is 5. The van der Waals surface area contributed by atoms with Crippen molar-refractivity contribution in [2.24, 2.45) is 16.3 Å². The Morgan fingerprint density at radius 1 is 1.18 bits per heavy atom. The van der Waals surface area contributed by atoms with Gasteiger partial charge in [-0.1, -0.05) is 6.42 Å². The molecule has 154 valence electrons. The molecule has 2 N–H and O–H groups in total. The molecule has 1 spiro atoms. The van der Waals surface area contributed by atoms with E-state index in [-0.39, 0.29) is 0 Å². The molecule has 0 radical (unpaired) electrons. The van der Waals surface area contributed by atoms with E-state index in [0.717, 1.165) is 24.6 Å². The highest BCUT2D eigenvalue weighted by Gasteiger charge is 2.66. The first-order chi connectivity index (χ1) is 13.7. The molecule has 3 fully saturated rings. The number of hydrogen-bond donors (Lipinski definition) is 2. The smallest absolute Gasteiger partial charge is 0.203 e. The number of nitrogens with one attached hydrogen (secondary N) is 2. The van der Waals surface area contributed by atoms with E-state index in [2.05, 4.69) is 15.6 Å². The number of aliphatic imine (C=N–C) groups is 1. The Labute approximate surface area is 166 Å². The van der Waals surface area contributed by atoms with Crippen LogP contribution in [0.1, 0.15) is 31.2 Å². The molecule has 0 bridgehead atoms. The molecule has 1 aromatic carbocycles. The SMILES string of the molecule is CN=C(NCc1cc(OC)c(OC)c(OC)c1)NC1C2CCOC2C12CCC2. The normalized spacial score (nSPS) is 27.4. The molecule has 1 aliphatic heterocycles. The number of fused-ring (bicyclic) bond motifs is 2. The van der Waals surface area contributed by atoms with Crippen LogP contribution in [0.25, 0.3) is 0 Å². The third-order valence-corrected chi connectivity index (χ3v) is 6.74. The Hall–Kier alpha value is -2.15. The van der Waals surface area contributed by atoms with Crippen LogP contribution < -0.4 is 24.8 Å². The fourth-order valence-electron chi connectivity index (χ4n) is 5.22. The number of nitrogens with zero attached hydrogens (tertiary/aromatic N) is 1. The molecule has 0 amide bonds. The number of rotatable bonds is 6. The van der Waals surface area contributed by atoms with Gasteiger partial charge in [0.15, 0.2) is 17.5 Å². The molecule has 0 aromatic heterocycles. The lowest BCUT2D eigenvalue weighted by Gasteiger charge is -2.63. The van der Waals surface area contributed by atoms with Gasteiger partial charge < -0.3 is 29.6 Å². The summed E-state index contributed by atoms with van der Waals surface area (Å²) < 4.78 is 22.3. The molecule has 2 aliphatic carbocycles. The van der Waals surface area contributed by atoms with Crippen molar-refractivity contribution in [1.82, 2.24) is 10.6 Å². The molecule has 3 atom stereocenters. The minimum atomic E-state index is 0.325. The van der Waals surface area contributed by atoms with Crippen molar-refractivity contribution in [1.29, 1.82) is 0 Å². The summed E-state index contributed by atoms with van der Waals surface area (Å²) in [5.41, 5.74) is 1.36. The lowest BCUT2D eigenvalue weighted by Crippen LogP contribution is -2.72. The maximum Gasteiger partial charge on any atom is 0.203 e. The van der Waals surface area contributed by atoms with Gasteiger partial charge in [-0.25, -0.2) is 0 Å². The van der Waals surface area contributed by atoms with Gasteiger partial charge in [-0.2, -0.15) is 0 Å². The Balaban J connectivity index is 1.43. The van der Waals surface area contributed by atoms with E-state index in [0.29, 0.717) is 47.3 Å². The van der Waals surface area contributed by atoms with Crippen molar-refractivity contribution < 1.29 is 18.9 Å². The number of methoxy groups -OCH3 is 3. The molecule has 28 heavy (non-hydrogen) atoms. The van der Waals surface area contributed by atoms with Gasteiger partial charge in [-0.05, 0) is 37.0 Å². The predicted molar refractivity (Wildman–Crippen MR) is 107 cm³/mol. The molecule has 2 saturated carbocycles. The Bertz CT molecular complexity index is 722. The molecule has 1 saturated heterocycles. The van der Waals surface area contributed by atoms with Crippen LogP contribution in [0, 0.1) is 11.3 Å². The Morgan fingerprint density at radius 3 is 2.43 bits per heavy atom. The zero-order valence-corrected chi connectivity index (χ0v) is 17.2. The monoisotopic (exact) mass is 389 g/mol. The van der Waals surface area contributed by atoms with Crippen molar-refractivity contribution in [3.8, 4) is 17.2 Å². The van der Waals surface area contributed by atoms with Gasteiger partial charge in [0.25, 0.3) is 0 Å². The van der Waals surface area contributed by atoms with Gasteiger partial charge in [-0.3, -0.25) is 4.99 Å². The highest BCUT2D eigenvalue weighted by atomic mass is 16.5. The summed E-state index contributed by atoms with van der Waals surface area (Å²) in [5.74, 6) is 3.35. The maximum absolute atomic E-state index is 6.02. The molecule has 3 unspecified atom stereocenters. The summed E-state index contributed by atoms with van der Waals surface area (Å²) >= 11 is 0. The van der Waals surface area contributed by atoms with Crippen LogP contribution in [-0.2, 0) is 11.3 Å². The zero-order valence-electron chi connectivity index (χ0n) is 17.2. The molecule has 7 nitrogen and oxygen atoms in total. The molecule has 1 heterocycles. The largest absolute Gasteiger partial charge is 0.493 e. The standard InChI is InChI=1S/C21H31N3O4/c1-22-20(24-18-14-6-9-28-19(14)21(18)7-5-8-21)23-12-13-10-15(25-2)17(27-4)16(11-13)26-3/h10-11,14,18-19H,5-9,12H2,1-4H3,(H2,22,23,24). The zero-order chi connectivity index (χ0) is 19.7. The summed E-state index contributed by atoms with van der Waals surface area (Å²) in [6.45, 7) is 1.51. The fraction of sp³-hybridized carbons (Fsp3) is 0.667. The van der Waals surface area contributed by atoms with Gasteiger partial charge >= 0.3 is 0 Å². The van der Waals surface area contributed by atoms with Gasteiger partial charge in [0.2, 0.25) is 5.75 Å². The molecular formula is C21H31N3O4. The minimum absolute atomic E-state index is 0.325. The van der Waals surface area contributed by atoms with Crippen molar-refractivity contribution in [2.45, 2.75) is 44.4 Å². The first-order valence-electron chi connectivity index (χ1n) is 10.0. The second-order valence-electron chi connectivity index (χ2n) is 7.91. The molecule has 7 heteroatoms. The summed E-state index contributed by atoms with van der Waals surface area (Å²) in [7, 11) is 6.69. The molecule has 3 aliphatic rings. The summed E-state index contributed by atoms with van der Waals surface area (Å²) in [6, 6.07) is 4.37. The highest BCUT2D eigenvalue weighted by Crippen LogP contribution is 2.62.